The van der Waals surface area contributed by atoms with Crippen LogP contribution in [0.5, 0.6) is 0 Å². The number of alkyl carbamates (subject to hydrolysis) is 1. The Labute approximate surface area is 131 Å². The molecule has 120 valence electrons. The van der Waals surface area contributed by atoms with Gasteiger partial charge in [0, 0.05) is 6.54 Å². The first-order valence-electron chi connectivity index (χ1n) is 7.09. The number of amides is 1. The minimum Gasteiger partial charge on any atom is -0.469 e. The van der Waals surface area contributed by atoms with Crippen molar-refractivity contribution in [2.24, 2.45) is 0 Å². The molecule has 0 fully saturated rings. The molecule has 1 aromatic rings. The minimum atomic E-state index is -0.504. The molecule has 0 aromatic heterocycles. The van der Waals surface area contributed by atoms with Gasteiger partial charge < -0.3 is 14.8 Å². The molecule has 0 spiro atoms. The van der Waals surface area contributed by atoms with Crippen molar-refractivity contribution in [1.29, 1.82) is 0 Å². The van der Waals surface area contributed by atoms with E-state index in [1.54, 1.807) is 0 Å². The van der Waals surface area contributed by atoms with E-state index in [1.807, 2.05) is 57.2 Å². The van der Waals surface area contributed by atoms with Crippen LogP contribution in [0.2, 0.25) is 0 Å². The number of hydrogen-bond acceptors (Lipinski definition) is 4. The molecule has 0 heterocycles. The van der Waals surface area contributed by atoms with Crippen molar-refractivity contribution < 1.29 is 19.1 Å². The summed E-state index contributed by atoms with van der Waals surface area (Å²) in [7, 11) is 1.37. The van der Waals surface area contributed by atoms with Crippen LogP contribution >= 0.6 is 0 Å². The SMILES string of the molecule is COC(=O)Cc1cccc(C=CCNC(=O)OC(C)(C)C)c1. The predicted octanol–water partition coefficient (Wildman–Crippen LogP) is 2.94. The lowest BCUT2D eigenvalue weighted by atomic mass is 10.1. The quantitative estimate of drug-likeness (QED) is 0.850. The third-order valence-corrected chi connectivity index (χ3v) is 2.60. The first-order chi connectivity index (χ1) is 10.3. The molecule has 0 saturated carbocycles. The summed E-state index contributed by atoms with van der Waals surface area (Å²) in [5.74, 6) is -0.271. The van der Waals surface area contributed by atoms with Crippen LogP contribution in [0.3, 0.4) is 0 Å². The zero-order chi connectivity index (χ0) is 16.6. The molecule has 1 aromatic carbocycles. The van der Waals surface area contributed by atoms with Gasteiger partial charge in [0.15, 0.2) is 0 Å². The molecule has 5 nitrogen and oxygen atoms in total. The minimum absolute atomic E-state index is 0.244. The third kappa shape index (κ3) is 7.47. The van der Waals surface area contributed by atoms with Crippen LogP contribution in [0, 0.1) is 0 Å². The van der Waals surface area contributed by atoms with Crippen LogP contribution in [0.15, 0.2) is 30.3 Å². The van der Waals surface area contributed by atoms with Crippen LogP contribution in [0.25, 0.3) is 6.08 Å². The van der Waals surface area contributed by atoms with Crippen molar-refractivity contribution in [1.82, 2.24) is 5.32 Å². The highest BCUT2D eigenvalue weighted by molar-refractivity contribution is 5.72. The van der Waals surface area contributed by atoms with Crippen molar-refractivity contribution in [3.63, 3.8) is 0 Å². The van der Waals surface area contributed by atoms with Crippen molar-refractivity contribution in [3.8, 4) is 0 Å². The van der Waals surface area contributed by atoms with Crippen molar-refractivity contribution >= 4 is 18.1 Å². The number of hydrogen-bond donors (Lipinski definition) is 1. The number of ether oxygens (including phenoxy) is 2. The van der Waals surface area contributed by atoms with E-state index in [1.165, 1.54) is 7.11 Å². The second-order valence-corrected chi connectivity index (χ2v) is 5.78. The third-order valence-electron chi connectivity index (χ3n) is 2.60. The van der Waals surface area contributed by atoms with E-state index in [9.17, 15) is 9.59 Å². The van der Waals surface area contributed by atoms with Gasteiger partial charge in [0.2, 0.25) is 0 Å². The second-order valence-electron chi connectivity index (χ2n) is 5.78. The first-order valence-corrected chi connectivity index (χ1v) is 7.09. The molecule has 0 unspecified atom stereocenters. The molecule has 0 aliphatic rings. The van der Waals surface area contributed by atoms with Gasteiger partial charge in [-0.05, 0) is 31.9 Å². The van der Waals surface area contributed by atoms with Crippen molar-refractivity contribution in [2.75, 3.05) is 13.7 Å². The van der Waals surface area contributed by atoms with Crippen molar-refractivity contribution in [2.45, 2.75) is 32.8 Å². The van der Waals surface area contributed by atoms with E-state index in [0.29, 0.717) is 6.54 Å². The Kier molecular flexibility index (Phi) is 6.63. The molecule has 22 heavy (non-hydrogen) atoms. The number of carbonyl (C=O) groups is 2. The number of benzene rings is 1. The fourth-order valence-corrected chi connectivity index (χ4v) is 1.70. The Morgan fingerprint density at radius 3 is 2.64 bits per heavy atom. The van der Waals surface area contributed by atoms with E-state index in [2.05, 4.69) is 10.1 Å². The number of carbonyl (C=O) groups excluding carboxylic acids is 2. The summed E-state index contributed by atoms with van der Waals surface area (Å²) in [5, 5.41) is 2.64. The van der Waals surface area contributed by atoms with Gasteiger partial charge in [-0.15, -0.1) is 0 Å². The summed E-state index contributed by atoms with van der Waals surface area (Å²) in [5.41, 5.74) is 1.33. The summed E-state index contributed by atoms with van der Waals surface area (Å²) < 4.78 is 9.77. The van der Waals surface area contributed by atoms with Gasteiger partial charge in [-0.1, -0.05) is 36.4 Å². The van der Waals surface area contributed by atoms with Crippen LogP contribution < -0.4 is 5.32 Å². The second kappa shape index (κ2) is 8.22. The Bertz CT molecular complexity index is 544. The average molecular weight is 305 g/mol. The maximum Gasteiger partial charge on any atom is 0.407 e. The molecular formula is C17H23NO4. The maximum absolute atomic E-state index is 11.5. The van der Waals surface area contributed by atoms with E-state index < -0.39 is 11.7 Å². The van der Waals surface area contributed by atoms with E-state index in [4.69, 9.17) is 4.74 Å². The van der Waals surface area contributed by atoms with Gasteiger partial charge in [0.1, 0.15) is 5.60 Å². The molecule has 0 saturated heterocycles. The smallest absolute Gasteiger partial charge is 0.407 e. The standard InChI is InChI=1S/C17H23NO4/c1-17(2,3)22-16(20)18-10-6-9-13-7-5-8-14(11-13)12-15(19)21-4/h5-9,11H,10,12H2,1-4H3,(H,18,20). The summed E-state index contributed by atoms with van der Waals surface area (Å²) in [6.07, 6.45) is 3.49. The molecule has 0 bridgehead atoms. The highest BCUT2D eigenvalue weighted by atomic mass is 16.6. The van der Waals surface area contributed by atoms with Crippen LogP contribution in [-0.2, 0) is 20.7 Å². The van der Waals surface area contributed by atoms with Gasteiger partial charge in [-0.3, -0.25) is 4.79 Å². The average Bonchev–Trinajstić information content (AvgIpc) is 2.42. The Morgan fingerprint density at radius 2 is 2.00 bits per heavy atom. The normalized spacial score (nSPS) is 11.3. The Balaban J connectivity index is 2.48. The molecule has 0 aliphatic heterocycles. The zero-order valence-corrected chi connectivity index (χ0v) is 13.5. The lowest BCUT2D eigenvalue weighted by Gasteiger charge is -2.19. The van der Waals surface area contributed by atoms with Crippen LogP contribution in [0.4, 0.5) is 4.79 Å². The summed E-state index contributed by atoms with van der Waals surface area (Å²) in [6.45, 7) is 5.82. The van der Waals surface area contributed by atoms with Crippen molar-refractivity contribution in [3.05, 3.63) is 41.5 Å². The number of esters is 1. The van der Waals surface area contributed by atoms with Gasteiger partial charge >= 0.3 is 12.1 Å². The molecule has 0 atom stereocenters. The van der Waals surface area contributed by atoms with Gasteiger partial charge in [-0.2, -0.15) is 0 Å². The molecular weight excluding hydrogens is 282 g/mol. The molecule has 1 amide bonds. The highest BCUT2D eigenvalue weighted by Crippen LogP contribution is 2.09. The summed E-state index contributed by atoms with van der Waals surface area (Å²) in [4.78, 5) is 22.7. The maximum atomic E-state index is 11.5. The number of nitrogens with one attached hydrogen (secondary N) is 1. The largest absolute Gasteiger partial charge is 0.469 e. The van der Waals surface area contributed by atoms with E-state index in [0.717, 1.165) is 11.1 Å². The Morgan fingerprint density at radius 1 is 1.27 bits per heavy atom. The molecule has 1 rings (SSSR count). The van der Waals surface area contributed by atoms with Crippen LogP contribution in [-0.4, -0.2) is 31.3 Å². The van der Waals surface area contributed by atoms with E-state index in [-0.39, 0.29) is 12.4 Å². The molecule has 0 radical (unpaired) electrons. The van der Waals surface area contributed by atoms with Gasteiger partial charge in [0.05, 0.1) is 13.5 Å². The molecule has 5 heteroatoms. The van der Waals surface area contributed by atoms with E-state index >= 15 is 0 Å². The number of methoxy groups -OCH3 is 1. The first kappa shape index (κ1) is 17.8. The zero-order valence-electron chi connectivity index (χ0n) is 13.5. The number of rotatable bonds is 5. The lowest BCUT2D eigenvalue weighted by Crippen LogP contribution is -2.32. The fraction of sp³-hybridized carbons (Fsp3) is 0.412. The topological polar surface area (TPSA) is 64.6 Å². The molecule has 0 aliphatic carbocycles. The monoisotopic (exact) mass is 305 g/mol. The van der Waals surface area contributed by atoms with Gasteiger partial charge in [-0.25, -0.2) is 4.79 Å². The Hall–Kier alpha value is -2.30. The molecule has 1 N–H and O–H groups in total. The fourth-order valence-electron chi connectivity index (χ4n) is 1.70. The highest BCUT2D eigenvalue weighted by Gasteiger charge is 2.14. The van der Waals surface area contributed by atoms with Crippen LogP contribution in [0.1, 0.15) is 31.9 Å². The summed E-state index contributed by atoms with van der Waals surface area (Å²) in [6, 6.07) is 7.57. The summed E-state index contributed by atoms with van der Waals surface area (Å²) >= 11 is 0. The predicted molar refractivity (Wildman–Crippen MR) is 85.4 cm³/mol. The van der Waals surface area contributed by atoms with Gasteiger partial charge in [0.25, 0.3) is 0 Å². The lowest BCUT2D eigenvalue weighted by molar-refractivity contribution is -0.139.